The molecule has 4 rings (SSSR count). The Kier molecular flexibility index (Phi) is 20.2. The molecule has 0 aromatic heterocycles. The average Bonchev–Trinajstić information content (AvgIpc) is 3.50. The van der Waals surface area contributed by atoms with E-state index in [1.165, 1.54) is 17.8 Å². The van der Waals surface area contributed by atoms with Crippen LogP contribution in [0.4, 0.5) is 0 Å². The molecule has 0 bridgehead atoms. The number of hydrogen-bond acceptors (Lipinski definition) is 20. The van der Waals surface area contributed by atoms with Gasteiger partial charge in [0.1, 0.15) is 79.3 Å². The number of ether oxygens (including phenoxy) is 7. The van der Waals surface area contributed by atoms with Gasteiger partial charge in [0.05, 0.1) is 37.9 Å². The van der Waals surface area contributed by atoms with E-state index in [4.69, 9.17) is 102 Å². The lowest BCUT2D eigenvalue weighted by molar-refractivity contribution is -0.305. The lowest BCUT2D eigenvalue weighted by Crippen LogP contribution is -2.64. The molecule has 30 nitrogen and oxygen atoms in total. The molecule has 65 heavy (non-hydrogen) atoms. The summed E-state index contributed by atoms with van der Waals surface area (Å²) >= 11 is 5.52. The van der Waals surface area contributed by atoms with Gasteiger partial charge in [-0.15, -0.1) is 0 Å². The Morgan fingerprint density at radius 1 is 0.708 bits per heavy atom. The van der Waals surface area contributed by atoms with Crippen molar-refractivity contribution in [1.82, 2.24) is 5.32 Å². The Morgan fingerprint density at radius 2 is 1.32 bits per heavy atom. The first kappa shape index (κ1) is 53.0. The highest BCUT2D eigenvalue weighted by Gasteiger charge is 2.55. The van der Waals surface area contributed by atoms with E-state index in [0.717, 1.165) is 0 Å². The van der Waals surface area contributed by atoms with Gasteiger partial charge in [-0.2, -0.15) is 24.4 Å². The first-order chi connectivity index (χ1) is 30.7. The van der Waals surface area contributed by atoms with Crippen molar-refractivity contribution >= 4 is 60.1 Å². The van der Waals surface area contributed by atoms with E-state index in [2.05, 4.69) is 42.9 Å². The van der Waals surface area contributed by atoms with E-state index in [0.29, 0.717) is 24.7 Å². The van der Waals surface area contributed by atoms with Crippen molar-refractivity contribution in [2.24, 2.45) is 88.0 Å². The molecular weight excluding hydrogens is 905 g/mol. The molecule has 3 fully saturated rings. The fourth-order valence-corrected chi connectivity index (χ4v) is 8.32. The molecule has 1 aliphatic carbocycles. The van der Waals surface area contributed by atoms with Gasteiger partial charge in [0.15, 0.2) is 48.3 Å². The Labute approximate surface area is 382 Å². The minimum Gasteiger partial charge on any atom is -0.465 e. The molecule has 3 aliphatic heterocycles. The van der Waals surface area contributed by atoms with Crippen LogP contribution < -0.4 is 68.4 Å². The maximum atomic E-state index is 12.1. The zero-order chi connectivity index (χ0) is 48.1. The second-order valence-corrected chi connectivity index (χ2v) is 16.6. The van der Waals surface area contributed by atoms with Crippen molar-refractivity contribution in [2.45, 2.75) is 110 Å². The molecule has 0 aromatic rings. The number of guanidine groups is 6. The summed E-state index contributed by atoms with van der Waals surface area (Å²) in [5.74, 6) is -1.33. The maximum absolute atomic E-state index is 12.1. The summed E-state index contributed by atoms with van der Waals surface area (Å²) in [6.07, 6.45) is -18.6. The largest absolute Gasteiger partial charge is 0.465 e. The van der Waals surface area contributed by atoms with Crippen LogP contribution in [-0.2, 0) is 33.2 Å². The molecule has 1 saturated carbocycles. The number of thiol groups is 1. The van der Waals surface area contributed by atoms with E-state index in [1.54, 1.807) is 0 Å². The standard InChI is InChI=1S/C33H64N18O12S2/c34-28(35)46-7-10-5-13(52)16(50-32(42)43)25(58-10)62-23-15(9-65-4-2-57-1-3-64)60-27(21(23)56)63-24-18(53)11(48-30(38)39)6-12(49-31(40)41)22(24)61-26-17(51-33(44)45)20(55)19(54)14(59-26)8-47-29(36)37/h5,11-27,52-56,64H,1-4,6-9H2,(H4,34,35,46)(H4,36,37,47)(H4,38,39,48)(H4,40,41,49)(H4,42,43,50)(H4,44,45,51). The van der Waals surface area contributed by atoms with E-state index < -0.39 is 128 Å². The normalized spacial score (nSPS) is 35.7. The van der Waals surface area contributed by atoms with E-state index in [-0.39, 0.29) is 42.9 Å². The van der Waals surface area contributed by atoms with E-state index in [9.17, 15) is 25.5 Å². The predicted molar refractivity (Wildman–Crippen MR) is 241 cm³/mol. The number of rotatable bonds is 21. The number of thioether (sulfide) groups is 1. The van der Waals surface area contributed by atoms with Crippen molar-refractivity contribution in [3.05, 3.63) is 11.8 Å². The first-order valence-electron chi connectivity index (χ1n) is 20.0. The molecule has 0 radical (unpaired) electrons. The van der Waals surface area contributed by atoms with Gasteiger partial charge in [0, 0.05) is 17.3 Å². The quantitative estimate of drug-likeness (QED) is 0.0220. The van der Waals surface area contributed by atoms with Crippen LogP contribution >= 0.6 is 24.4 Å². The minimum atomic E-state index is -1.74. The highest BCUT2D eigenvalue weighted by molar-refractivity contribution is 7.99. The van der Waals surface area contributed by atoms with Crippen LogP contribution in [0.3, 0.4) is 0 Å². The second kappa shape index (κ2) is 24.8. The van der Waals surface area contributed by atoms with Gasteiger partial charge >= 0.3 is 0 Å². The lowest BCUT2D eigenvalue weighted by Gasteiger charge is -2.47. The Morgan fingerprint density at radius 3 is 1.94 bits per heavy atom. The first-order valence-corrected chi connectivity index (χ1v) is 21.8. The van der Waals surface area contributed by atoms with Gasteiger partial charge in [0.2, 0.25) is 6.29 Å². The highest BCUT2D eigenvalue weighted by atomic mass is 32.2. The Bertz CT molecular complexity index is 1730. The highest BCUT2D eigenvalue weighted by Crippen LogP contribution is 2.38. The molecule has 370 valence electrons. The molecule has 2 saturated heterocycles. The van der Waals surface area contributed by atoms with Gasteiger partial charge in [-0.3, -0.25) is 10.4 Å². The zero-order valence-corrected chi connectivity index (χ0v) is 36.8. The van der Waals surface area contributed by atoms with Crippen LogP contribution in [0.2, 0.25) is 0 Å². The minimum absolute atomic E-state index is 0.0787. The van der Waals surface area contributed by atoms with Gasteiger partial charge in [-0.05, 0) is 12.5 Å². The fourth-order valence-electron chi connectivity index (χ4n) is 7.29. The van der Waals surface area contributed by atoms with Crippen molar-refractivity contribution in [2.75, 3.05) is 43.6 Å². The maximum Gasteiger partial charge on any atom is 0.223 e. The third-order valence-corrected chi connectivity index (χ3v) is 11.2. The van der Waals surface area contributed by atoms with E-state index >= 15 is 0 Å². The summed E-state index contributed by atoms with van der Waals surface area (Å²) in [7, 11) is 0. The topological polar surface area (TPSA) is 550 Å². The monoisotopic (exact) mass is 968 g/mol. The molecule has 17 unspecified atom stereocenters. The van der Waals surface area contributed by atoms with Gasteiger partial charge in [0.25, 0.3) is 0 Å². The summed E-state index contributed by atoms with van der Waals surface area (Å²) in [4.78, 5) is 20.3. The number of hydrogen-bond donors (Lipinski definition) is 19. The third-order valence-electron chi connectivity index (χ3n) is 10.0. The van der Waals surface area contributed by atoms with Gasteiger partial charge in [-0.25, -0.2) is 20.0 Å². The zero-order valence-electron chi connectivity index (χ0n) is 35.1. The Balaban J connectivity index is 1.76. The molecular formula is C33H64N18O12S2. The van der Waals surface area contributed by atoms with Crippen LogP contribution in [0.25, 0.3) is 0 Å². The summed E-state index contributed by atoms with van der Waals surface area (Å²) in [6, 6.07) is -5.06. The number of aliphatic hydroxyl groups excluding tert-OH is 5. The van der Waals surface area contributed by atoms with Gasteiger partial charge in [-0.1, -0.05) is 0 Å². The van der Waals surface area contributed by atoms with Crippen LogP contribution in [-0.4, -0.2) is 209 Å². The molecule has 17 atom stereocenters. The summed E-state index contributed by atoms with van der Waals surface area (Å²) in [5.41, 5.74) is 62.4. The van der Waals surface area contributed by atoms with Crippen molar-refractivity contribution < 1.29 is 58.7 Å². The second-order valence-electron chi connectivity index (χ2n) is 15.0. The fraction of sp³-hybridized carbons (Fsp3) is 0.758. The molecule has 3 heterocycles. The van der Waals surface area contributed by atoms with Crippen LogP contribution in [0.15, 0.2) is 36.8 Å². The number of nitrogens with zero attached hydrogens (tertiary/aromatic N) is 5. The van der Waals surface area contributed by atoms with E-state index in [1.807, 2.05) is 0 Å². The predicted octanol–water partition coefficient (Wildman–Crippen LogP) is -9.96. The third kappa shape index (κ3) is 15.2. The summed E-state index contributed by atoms with van der Waals surface area (Å²) in [6.45, 7) is 0.199. The Hall–Kier alpha value is -4.58. The van der Waals surface area contributed by atoms with Crippen LogP contribution in [0.1, 0.15) is 6.42 Å². The molecule has 4 aliphatic rings. The molecule has 0 spiro atoms. The summed E-state index contributed by atoms with van der Waals surface area (Å²) < 4.78 is 43.2. The average molecular weight is 969 g/mol. The SMILES string of the molecule is N=C(N)NC1C(O)C=C(CN=C(N)N)OC1OC1C(CSCCOCCS)OC(OC2C(O)C(N=C(N)N)CC(N=C(N)N)C2OC2OC(CN=C(N)N)C(O)C(O)C2N=C(N)N)C1O. The summed E-state index contributed by atoms with van der Waals surface area (Å²) in [5, 5.41) is 67.8. The molecule has 32 heteroatoms. The molecule has 0 amide bonds. The van der Waals surface area contributed by atoms with Crippen molar-refractivity contribution in [3.63, 3.8) is 0 Å². The van der Waals surface area contributed by atoms with Crippen molar-refractivity contribution in [3.8, 4) is 0 Å². The lowest BCUT2D eigenvalue weighted by atomic mass is 9.83. The number of nitrogens with two attached hydrogens (primary N) is 11. The number of aliphatic hydroxyl groups is 5. The smallest absolute Gasteiger partial charge is 0.223 e. The number of aliphatic imine (C=N–C) groups is 5. The van der Waals surface area contributed by atoms with Gasteiger partial charge < -0.3 is 127 Å². The van der Waals surface area contributed by atoms with Crippen LogP contribution in [0.5, 0.6) is 0 Å². The number of nitrogens with one attached hydrogen (secondary N) is 2. The molecule has 0 aromatic carbocycles. The van der Waals surface area contributed by atoms with Crippen LogP contribution in [0, 0.1) is 5.41 Å². The molecule has 29 N–H and O–H groups in total. The van der Waals surface area contributed by atoms with Crippen molar-refractivity contribution in [1.29, 1.82) is 5.41 Å².